The van der Waals surface area contributed by atoms with Crippen LogP contribution in [0.1, 0.15) is 105 Å². The van der Waals surface area contributed by atoms with Gasteiger partial charge in [0.05, 0.1) is 0 Å². The Balaban J connectivity index is 1.01. The van der Waals surface area contributed by atoms with Crippen molar-refractivity contribution in [1.82, 2.24) is 0 Å². The minimum Gasteiger partial charge on any atom is -0.456 e. The van der Waals surface area contributed by atoms with Gasteiger partial charge in [-0.3, -0.25) is 0 Å². The van der Waals surface area contributed by atoms with Gasteiger partial charge < -0.3 is 18.6 Å². The highest BCUT2D eigenvalue weighted by Gasteiger charge is 2.23. The van der Waals surface area contributed by atoms with Crippen LogP contribution in [0, 0.1) is 0 Å². The van der Waals surface area contributed by atoms with Gasteiger partial charge >= 0.3 is 0 Å². The first-order valence-electron chi connectivity index (χ1n) is 24.9. The third kappa shape index (κ3) is 8.07. The Bertz CT molecular complexity index is 3400. The molecule has 0 N–H and O–H groups in total. The third-order valence-electron chi connectivity index (χ3n) is 14.4. The molecule has 0 bridgehead atoms. The lowest BCUT2D eigenvalue weighted by molar-refractivity contribution is 0.590. The molecule has 9 aromatic carbocycles. The number of nitrogens with zero attached hydrogens (tertiary/aromatic N) is 2. The minimum atomic E-state index is 0.0631. The second-order valence-corrected chi connectivity index (χ2v) is 23.6. The van der Waals surface area contributed by atoms with Gasteiger partial charge in [0.15, 0.2) is 0 Å². The van der Waals surface area contributed by atoms with E-state index in [4.69, 9.17) is 8.83 Å². The topological polar surface area (TPSA) is 32.8 Å². The monoisotopic (exact) mass is 916 g/mol. The highest BCUT2D eigenvalue weighted by atomic mass is 16.3. The molecule has 350 valence electrons. The fraction of sp³-hybridized carbons (Fsp3) is 0.242. The zero-order valence-electron chi connectivity index (χ0n) is 42.9. The Hall–Kier alpha value is -7.30. The van der Waals surface area contributed by atoms with E-state index < -0.39 is 0 Å². The van der Waals surface area contributed by atoms with Gasteiger partial charge in [-0.15, -0.1) is 0 Å². The summed E-state index contributed by atoms with van der Waals surface area (Å²) in [5, 5.41) is 8.86. The van der Waals surface area contributed by atoms with Gasteiger partial charge in [-0.1, -0.05) is 144 Å². The lowest BCUT2D eigenvalue weighted by atomic mass is 9.86. The first kappa shape index (κ1) is 45.2. The van der Waals surface area contributed by atoms with Crippen LogP contribution in [0.25, 0.3) is 65.4 Å². The normalized spacial score (nSPS) is 12.9. The van der Waals surface area contributed by atoms with Crippen LogP contribution >= 0.6 is 0 Å². The van der Waals surface area contributed by atoms with E-state index >= 15 is 0 Å². The first-order chi connectivity index (χ1) is 33.2. The average Bonchev–Trinajstić information content (AvgIpc) is 3.86. The van der Waals surface area contributed by atoms with Crippen molar-refractivity contribution < 1.29 is 8.83 Å². The SMILES string of the molecule is CC(C)(C)c1ccc(N(c2ccc(C(C)(C)C)cc2)c2ccc3cc4c(cc3c2)oc2ccc3oc5cc6cc(N(c7ccc(C(C)(C)C)cc7)c7ccc(C(C)(C)C)cc7)ccc6cc5c3c24)cc1. The smallest absolute Gasteiger partial charge is 0.136 e. The van der Waals surface area contributed by atoms with Crippen LogP contribution in [0.4, 0.5) is 34.1 Å². The molecule has 0 saturated carbocycles. The predicted octanol–water partition coefficient (Wildman–Crippen LogP) is 19.9. The summed E-state index contributed by atoms with van der Waals surface area (Å²) in [4.78, 5) is 4.73. The highest BCUT2D eigenvalue weighted by molar-refractivity contribution is 6.28. The maximum Gasteiger partial charge on any atom is 0.136 e. The summed E-state index contributed by atoms with van der Waals surface area (Å²) >= 11 is 0. The molecule has 2 aromatic heterocycles. The molecule has 0 spiro atoms. The summed E-state index contributed by atoms with van der Waals surface area (Å²) in [7, 11) is 0. The Morgan fingerprint density at radius 2 is 0.529 bits per heavy atom. The van der Waals surface area contributed by atoms with Crippen molar-refractivity contribution in [3.05, 3.63) is 192 Å². The molecule has 0 aliphatic carbocycles. The molecular weight excluding hydrogens is 853 g/mol. The Labute approximate surface area is 413 Å². The molecule has 0 radical (unpaired) electrons. The molecule has 11 rings (SSSR count). The van der Waals surface area contributed by atoms with Gasteiger partial charge in [0.1, 0.15) is 22.3 Å². The van der Waals surface area contributed by atoms with E-state index in [1.54, 1.807) is 0 Å². The minimum absolute atomic E-state index is 0.0631. The maximum atomic E-state index is 6.75. The zero-order valence-corrected chi connectivity index (χ0v) is 42.9. The second-order valence-electron chi connectivity index (χ2n) is 23.6. The molecule has 0 aliphatic rings. The van der Waals surface area contributed by atoms with Crippen molar-refractivity contribution in [2.24, 2.45) is 0 Å². The van der Waals surface area contributed by atoms with E-state index in [0.29, 0.717) is 0 Å². The Kier molecular flexibility index (Phi) is 10.4. The number of rotatable bonds is 6. The third-order valence-corrected chi connectivity index (χ3v) is 14.4. The molecule has 0 aliphatic heterocycles. The van der Waals surface area contributed by atoms with Crippen molar-refractivity contribution in [1.29, 1.82) is 0 Å². The van der Waals surface area contributed by atoms with Crippen LogP contribution in [0.3, 0.4) is 0 Å². The van der Waals surface area contributed by atoms with Gasteiger partial charge in [-0.2, -0.15) is 0 Å². The van der Waals surface area contributed by atoms with Crippen LogP contribution < -0.4 is 9.80 Å². The molecule has 4 heteroatoms. The fourth-order valence-corrected chi connectivity index (χ4v) is 10.2. The van der Waals surface area contributed by atoms with Crippen molar-refractivity contribution >= 4 is 99.5 Å². The molecule has 2 heterocycles. The van der Waals surface area contributed by atoms with Gasteiger partial charge in [0.25, 0.3) is 0 Å². The Morgan fingerprint density at radius 3 is 0.800 bits per heavy atom. The van der Waals surface area contributed by atoms with Gasteiger partial charge in [-0.25, -0.2) is 0 Å². The largest absolute Gasteiger partial charge is 0.456 e. The lowest BCUT2D eigenvalue weighted by Crippen LogP contribution is -2.14. The quantitative estimate of drug-likeness (QED) is 0.166. The van der Waals surface area contributed by atoms with Gasteiger partial charge in [0.2, 0.25) is 0 Å². The molecular formula is C66H64N2O2. The molecule has 0 atom stereocenters. The van der Waals surface area contributed by atoms with Crippen LogP contribution in [-0.4, -0.2) is 0 Å². The molecule has 0 unspecified atom stereocenters. The van der Waals surface area contributed by atoms with Crippen molar-refractivity contribution in [3.63, 3.8) is 0 Å². The van der Waals surface area contributed by atoms with Gasteiger partial charge in [-0.05, 0) is 175 Å². The van der Waals surface area contributed by atoms with Crippen molar-refractivity contribution in [3.8, 4) is 0 Å². The van der Waals surface area contributed by atoms with Crippen molar-refractivity contribution in [2.45, 2.75) is 105 Å². The molecule has 0 fully saturated rings. The van der Waals surface area contributed by atoms with E-state index in [9.17, 15) is 0 Å². The number of furan rings is 2. The number of fused-ring (bicyclic) bond motifs is 9. The summed E-state index contributed by atoms with van der Waals surface area (Å²) in [6.45, 7) is 27.2. The molecule has 4 nitrogen and oxygen atoms in total. The standard InChI is InChI=1S/C66H64N2O2/c1-63(2,3)45-15-25-49(26-16-45)67(50-27-17-46(18-28-50)64(4,5)6)53-23-13-41-37-55-59(39-43(41)35-53)69-57-33-34-58-62(61(55)57)56-38-42-14-24-54(36-44(42)40-60(56)70-58)68(51-29-19-47(20-30-51)65(7,8)9)52-31-21-48(22-32-52)66(10,11)12/h13-40H,1-12H3. The number of benzene rings is 9. The zero-order chi connectivity index (χ0) is 49.1. The number of hydrogen-bond acceptors (Lipinski definition) is 4. The number of anilines is 6. The lowest BCUT2D eigenvalue weighted by Gasteiger charge is -2.28. The maximum absolute atomic E-state index is 6.75. The first-order valence-corrected chi connectivity index (χ1v) is 24.9. The van der Waals surface area contributed by atoms with Gasteiger partial charge in [0, 0.05) is 55.7 Å². The van der Waals surface area contributed by atoms with E-state index in [1.807, 2.05) is 0 Å². The predicted molar refractivity (Wildman–Crippen MR) is 300 cm³/mol. The average molecular weight is 917 g/mol. The summed E-state index contributed by atoms with van der Waals surface area (Å²) in [5.41, 5.74) is 15.6. The summed E-state index contributed by atoms with van der Waals surface area (Å²) in [6.07, 6.45) is 0. The van der Waals surface area contributed by atoms with Crippen LogP contribution in [0.5, 0.6) is 0 Å². The van der Waals surface area contributed by atoms with Crippen LogP contribution in [0.2, 0.25) is 0 Å². The Morgan fingerprint density at radius 1 is 0.257 bits per heavy atom. The van der Waals surface area contributed by atoms with E-state index in [2.05, 4.69) is 263 Å². The number of hydrogen-bond donors (Lipinski definition) is 0. The molecule has 0 amide bonds. The molecule has 0 saturated heterocycles. The van der Waals surface area contributed by atoms with E-state index in [-0.39, 0.29) is 21.7 Å². The summed E-state index contributed by atoms with van der Waals surface area (Å²) in [5.74, 6) is 0. The summed E-state index contributed by atoms with van der Waals surface area (Å²) in [6, 6.07) is 62.9. The summed E-state index contributed by atoms with van der Waals surface area (Å²) < 4.78 is 13.5. The van der Waals surface area contributed by atoms with E-state index in [1.165, 1.54) is 22.3 Å². The fourth-order valence-electron chi connectivity index (χ4n) is 10.2. The second kappa shape index (κ2) is 16.1. The highest BCUT2D eigenvalue weighted by Crippen LogP contribution is 2.45. The van der Waals surface area contributed by atoms with Crippen molar-refractivity contribution in [2.75, 3.05) is 9.80 Å². The van der Waals surface area contributed by atoms with Crippen LogP contribution in [0.15, 0.2) is 179 Å². The molecule has 11 aromatic rings. The van der Waals surface area contributed by atoms with E-state index in [0.717, 1.165) is 99.5 Å². The molecule has 70 heavy (non-hydrogen) atoms. The van der Waals surface area contributed by atoms with Crippen LogP contribution in [-0.2, 0) is 21.7 Å².